The van der Waals surface area contributed by atoms with Crippen LogP contribution < -0.4 is 8.61 Å². The van der Waals surface area contributed by atoms with Crippen molar-refractivity contribution in [3.05, 3.63) is 53.6 Å². The molecule has 1 fully saturated rings. The van der Waals surface area contributed by atoms with Crippen LogP contribution in [0.4, 0.5) is 11.4 Å². The lowest BCUT2D eigenvalue weighted by atomic mass is 10.1. The molecular weight excluding hydrogens is 400 g/mol. The highest BCUT2D eigenvalue weighted by Gasteiger charge is 2.39. The van der Waals surface area contributed by atoms with Gasteiger partial charge in [0.2, 0.25) is 15.9 Å². The summed E-state index contributed by atoms with van der Waals surface area (Å²) in [6.07, 6.45) is 0.502. The number of aryl methyl sites for hydroxylation is 1. The molecule has 4 rings (SSSR count). The Morgan fingerprint density at radius 3 is 2.50 bits per heavy atom. The molecule has 0 saturated carbocycles. The summed E-state index contributed by atoms with van der Waals surface area (Å²) in [5.74, 6) is -0.815. The fraction of sp³-hybridized carbons (Fsp3) is 0.316. The molecule has 0 bridgehead atoms. The predicted molar refractivity (Wildman–Crippen MR) is 106 cm³/mol. The maximum atomic E-state index is 13.5. The molecule has 1 saturated heterocycles. The summed E-state index contributed by atoms with van der Waals surface area (Å²) in [5, 5.41) is 0. The zero-order valence-corrected chi connectivity index (χ0v) is 17.1. The summed E-state index contributed by atoms with van der Waals surface area (Å²) in [6, 6.07) is 11.4. The molecule has 2 heterocycles. The van der Waals surface area contributed by atoms with Gasteiger partial charge in [0.1, 0.15) is 0 Å². The van der Waals surface area contributed by atoms with E-state index >= 15 is 0 Å². The summed E-state index contributed by atoms with van der Waals surface area (Å²) >= 11 is 0. The first-order valence-corrected chi connectivity index (χ1v) is 12.0. The molecule has 148 valence electrons. The van der Waals surface area contributed by atoms with Crippen molar-refractivity contribution in [3.63, 3.8) is 0 Å². The van der Waals surface area contributed by atoms with Gasteiger partial charge in [0.15, 0.2) is 0 Å². The first kappa shape index (κ1) is 18.9. The Balaban J connectivity index is 1.85. The molecule has 2 aliphatic heterocycles. The average molecular weight is 421 g/mol. The molecule has 0 aromatic heterocycles. The van der Waals surface area contributed by atoms with Gasteiger partial charge in [0.25, 0.3) is 10.0 Å². The number of sulfonamides is 2. The van der Waals surface area contributed by atoms with E-state index in [1.807, 2.05) is 19.1 Å². The Morgan fingerprint density at radius 2 is 1.82 bits per heavy atom. The highest BCUT2D eigenvalue weighted by molar-refractivity contribution is 7.94. The van der Waals surface area contributed by atoms with Gasteiger partial charge in [-0.2, -0.15) is 0 Å². The van der Waals surface area contributed by atoms with Crippen LogP contribution in [0.1, 0.15) is 24.5 Å². The number of rotatable bonds is 3. The van der Waals surface area contributed by atoms with Gasteiger partial charge in [0, 0.05) is 12.5 Å². The van der Waals surface area contributed by atoms with Gasteiger partial charge in [-0.3, -0.25) is 9.10 Å². The van der Waals surface area contributed by atoms with Crippen molar-refractivity contribution in [1.29, 1.82) is 0 Å². The van der Waals surface area contributed by atoms with Gasteiger partial charge in [-0.1, -0.05) is 24.3 Å². The second-order valence-corrected chi connectivity index (χ2v) is 10.9. The molecule has 7 nitrogen and oxygen atoms in total. The third-order valence-electron chi connectivity index (χ3n) is 5.17. The van der Waals surface area contributed by atoms with Crippen molar-refractivity contribution in [2.75, 3.05) is 14.4 Å². The Labute approximate surface area is 164 Å². The lowest BCUT2D eigenvalue weighted by Gasteiger charge is -2.26. The van der Waals surface area contributed by atoms with Crippen LogP contribution in [0.2, 0.25) is 0 Å². The minimum atomic E-state index is -3.94. The van der Waals surface area contributed by atoms with E-state index in [9.17, 15) is 21.6 Å². The maximum Gasteiger partial charge on any atom is 0.264 e. The fourth-order valence-electron chi connectivity index (χ4n) is 3.87. The molecule has 0 unspecified atom stereocenters. The molecule has 1 amide bonds. The number of nitrogens with zero attached hydrogens (tertiary/aromatic N) is 2. The topological polar surface area (TPSA) is 91.8 Å². The third-order valence-corrected chi connectivity index (χ3v) is 8.93. The van der Waals surface area contributed by atoms with Crippen molar-refractivity contribution >= 4 is 37.3 Å². The van der Waals surface area contributed by atoms with E-state index in [1.165, 1.54) is 22.5 Å². The van der Waals surface area contributed by atoms with Gasteiger partial charge in [0.05, 0.1) is 22.0 Å². The van der Waals surface area contributed by atoms with Gasteiger partial charge in [-0.15, -0.1) is 0 Å². The van der Waals surface area contributed by atoms with E-state index in [0.29, 0.717) is 22.0 Å². The van der Waals surface area contributed by atoms with Crippen LogP contribution in [-0.2, 0) is 31.3 Å². The van der Waals surface area contributed by atoms with Crippen LogP contribution in [0.25, 0.3) is 0 Å². The monoisotopic (exact) mass is 420 g/mol. The zero-order valence-electron chi connectivity index (χ0n) is 15.5. The van der Waals surface area contributed by atoms with E-state index < -0.39 is 26.0 Å². The summed E-state index contributed by atoms with van der Waals surface area (Å²) in [5.41, 5.74) is 2.13. The lowest BCUT2D eigenvalue weighted by molar-refractivity contribution is -0.116. The summed E-state index contributed by atoms with van der Waals surface area (Å²) < 4.78 is 53.6. The molecule has 0 radical (unpaired) electrons. The van der Waals surface area contributed by atoms with Crippen LogP contribution in [0, 0.1) is 6.92 Å². The minimum Gasteiger partial charge on any atom is -0.273 e. The number of benzene rings is 2. The Kier molecular flexibility index (Phi) is 4.27. The van der Waals surface area contributed by atoms with Crippen molar-refractivity contribution in [2.24, 2.45) is 0 Å². The van der Waals surface area contributed by atoms with Crippen LogP contribution in [0.3, 0.4) is 0 Å². The molecule has 2 aromatic rings. The second kappa shape index (κ2) is 6.31. The number of anilines is 2. The van der Waals surface area contributed by atoms with E-state index in [-0.39, 0.29) is 28.8 Å². The normalized spacial score (nSPS) is 21.2. The summed E-state index contributed by atoms with van der Waals surface area (Å²) in [6.45, 7) is 3.49. The van der Waals surface area contributed by atoms with Crippen LogP contribution in [0.5, 0.6) is 0 Å². The molecular formula is C19H20N2O5S2. The fourth-order valence-corrected chi connectivity index (χ4v) is 7.26. The minimum absolute atomic E-state index is 0.00320. The highest BCUT2D eigenvalue weighted by atomic mass is 32.2. The van der Waals surface area contributed by atoms with Crippen molar-refractivity contribution in [1.82, 2.24) is 0 Å². The SMILES string of the molecule is Cc1ccc(N2C(=O)CCS2(=O)=O)cc1S(=O)(=O)N1c2ccccc2C[C@H]1C. The predicted octanol–water partition coefficient (Wildman–Crippen LogP) is 2.20. The lowest BCUT2D eigenvalue weighted by Crippen LogP contribution is -2.36. The third kappa shape index (κ3) is 2.80. The molecule has 2 aliphatic rings. The molecule has 0 spiro atoms. The summed E-state index contributed by atoms with van der Waals surface area (Å²) in [7, 11) is -7.71. The van der Waals surface area contributed by atoms with Gasteiger partial charge >= 0.3 is 0 Å². The van der Waals surface area contributed by atoms with Crippen molar-refractivity contribution < 1.29 is 21.6 Å². The van der Waals surface area contributed by atoms with Gasteiger partial charge in [-0.25, -0.2) is 21.1 Å². The zero-order chi connectivity index (χ0) is 20.3. The van der Waals surface area contributed by atoms with E-state index in [0.717, 1.165) is 5.56 Å². The smallest absolute Gasteiger partial charge is 0.264 e. The number of carbonyl (C=O) groups is 1. The number of fused-ring (bicyclic) bond motifs is 1. The molecule has 2 aromatic carbocycles. The largest absolute Gasteiger partial charge is 0.273 e. The second-order valence-electron chi connectivity index (χ2n) is 7.16. The highest BCUT2D eigenvalue weighted by Crippen LogP contribution is 2.38. The van der Waals surface area contributed by atoms with Crippen molar-refractivity contribution in [2.45, 2.75) is 37.6 Å². The number of para-hydroxylation sites is 1. The molecule has 28 heavy (non-hydrogen) atoms. The standard InChI is InChI=1S/C19H20N2O5S2/c1-13-7-8-16(21-19(22)9-10-27(21,23)24)12-18(13)28(25,26)20-14(2)11-15-5-3-4-6-17(15)20/h3-8,12,14H,9-11H2,1-2H3/t14-/m1/s1. The first-order chi connectivity index (χ1) is 13.1. The van der Waals surface area contributed by atoms with Gasteiger partial charge < -0.3 is 0 Å². The van der Waals surface area contributed by atoms with Crippen molar-refractivity contribution in [3.8, 4) is 0 Å². The maximum absolute atomic E-state index is 13.5. The number of hydrogen-bond donors (Lipinski definition) is 0. The van der Waals surface area contributed by atoms with Crippen LogP contribution in [-0.4, -0.2) is 34.5 Å². The molecule has 0 N–H and O–H groups in total. The average Bonchev–Trinajstić information content (AvgIpc) is 3.10. The molecule has 1 atom stereocenters. The number of amides is 1. The first-order valence-electron chi connectivity index (χ1n) is 8.92. The van der Waals surface area contributed by atoms with E-state index in [2.05, 4.69) is 0 Å². The van der Waals surface area contributed by atoms with Crippen LogP contribution in [0.15, 0.2) is 47.4 Å². The Morgan fingerprint density at radius 1 is 1.11 bits per heavy atom. The Bertz CT molecular complexity index is 1190. The molecule has 9 heteroatoms. The number of carbonyl (C=O) groups excluding carboxylic acids is 1. The Hall–Kier alpha value is -2.39. The molecule has 0 aliphatic carbocycles. The summed E-state index contributed by atoms with van der Waals surface area (Å²) in [4.78, 5) is 12.1. The quantitative estimate of drug-likeness (QED) is 0.759. The van der Waals surface area contributed by atoms with Crippen LogP contribution >= 0.6 is 0 Å². The van der Waals surface area contributed by atoms with E-state index in [4.69, 9.17) is 0 Å². The van der Waals surface area contributed by atoms with E-state index in [1.54, 1.807) is 19.1 Å². The van der Waals surface area contributed by atoms with Gasteiger partial charge in [-0.05, 0) is 49.6 Å². The number of hydrogen-bond acceptors (Lipinski definition) is 5.